The summed E-state index contributed by atoms with van der Waals surface area (Å²) in [7, 11) is 0. The SMILES string of the molecule is Cc1cccc(N(NC(=O)c2cc(C)nc(Cl)n2)C(N)=O)c1. The summed E-state index contributed by atoms with van der Waals surface area (Å²) in [5.41, 5.74) is 9.65. The van der Waals surface area contributed by atoms with Crippen LogP contribution in [0.3, 0.4) is 0 Å². The maximum Gasteiger partial charge on any atom is 0.338 e. The van der Waals surface area contributed by atoms with Gasteiger partial charge >= 0.3 is 6.03 Å². The van der Waals surface area contributed by atoms with Gasteiger partial charge in [-0.15, -0.1) is 0 Å². The van der Waals surface area contributed by atoms with Crippen molar-refractivity contribution in [3.05, 3.63) is 52.6 Å². The normalized spacial score (nSPS) is 10.1. The van der Waals surface area contributed by atoms with Crippen LogP contribution in [0.15, 0.2) is 30.3 Å². The lowest BCUT2D eigenvalue weighted by Crippen LogP contribution is -2.49. The van der Waals surface area contributed by atoms with Crippen molar-refractivity contribution in [2.24, 2.45) is 5.73 Å². The van der Waals surface area contributed by atoms with Gasteiger partial charge in [-0.05, 0) is 49.2 Å². The molecule has 1 aromatic carbocycles. The molecule has 0 fully saturated rings. The van der Waals surface area contributed by atoms with Gasteiger partial charge in [-0.3, -0.25) is 10.2 Å². The van der Waals surface area contributed by atoms with E-state index in [1.165, 1.54) is 6.07 Å². The second kappa shape index (κ2) is 6.40. The summed E-state index contributed by atoms with van der Waals surface area (Å²) in [6.07, 6.45) is 0. The maximum atomic E-state index is 12.2. The molecule has 114 valence electrons. The van der Waals surface area contributed by atoms with Crippen LogP contribution in [-0.2, 0) is 0 Å². The van der Waals surface area contributed by atoms with Crippen molar-refractivity contribution in [2.45, 2.75) is 13.8 Å². The zero-order valence-electron chi connectivity index (χ0n) is 12.0. The second-order valence-electron chi connectivity index (χ2n) is 4.62. The molecule has 2 aromatic rings. The van der Waals surface area contributed by atoms with E-state index in [9.17, 15) is 9.59 Å². The van der Waals surface area contributed by atoms with Crippen LogP contribution < -0.4 is 16.2 Å². The fourth-order valence-corrected chi connectivity index (χ4v) is 2.05. The average Bonchev–Trinajstić information content (AvgIpc) is 2.43. The smallest absolute Gasteiger partial charge is 0.338 e. The average molecular weight is 320 g/mol. The predicted molar refractivity (Wildman–Crippen MR) is 82.5 cm³/mol. The molecule has 0 saturated heterocycles. The number of hydrogen-bond donors (Lipinski definition) is 2. The highest BCUT2D eigenvalue weighted by Gasteiger charge is 2.18. The number of aromatic nitrogens is 2. The minimum absolute atomic E-state index is 0.0383. The maximum absolute atomic E-state index is 12.2. The molecule has 3 amide bonds. The standard InChI is InChI=1S/C14H14ClN5O2/c1-8-4-3-5-10(6-8)20(14(16)22)19-12(21)11-7-9(2)17-13(15)18-11/h3-7H,1-2H3,(H2,16,22)(H,19,21). The van der Waals surface area contributed by atoms with E-state index in [0.717, 1.165) is 10.6 Å². The zero-order valence-corrected chi connectivity index (χ0v) is 12.8. The molecule has 0 bridgehead atoms. The molecule has 0 atom stereocenters. The first kappa shape index (κ1) is 15.7. The first-order chi connectivity index (χ1) is 10.4. The fourth-order valence-electron chi connectivity index (χ4n) is 1.82. The molecule has 3 N–H and O–H groups in total. The number of benzene rings is 1. The van der Waals surface area contributed by atoms with Gasteiger partial charge in [0.1, 0.15) is 5.69 Å². The highest BCUT2D eigenvalue weighted by atomic mass is 35.5. The Bertz CT molecular complexity index is 715. The Morgan fingerprint density at radius 3 is 2.55 bits per heavy atom. The third-order valence-corrected chi connectivity index (χ3v) is 2.92. The van der Waals surface area contributed by atoms with Crippen molar-refractivity contribution in [1.82, 2.24) is 15.4 Å². The number of urea groups is 1. The molecule has 0 aliphatic carbocycles. The first-order valence-corrected chi connectivity index (χ1v) is 6.73. The number of carbonyl (C=O) groups is 2. The number of hydrazine groups is 1. The van der Waals surface area contributed by atoms with Crippen molar-refractivity contribution in [2.75, 3.05) is 5.01 Å². The van der Waals surface area contributed by atoms with E-state index in [-0.39, 0.29) is 11.0 Å². The number of nitrogens with one attached hydrogen (secondary N) is 1. The molecular formula is C14H14ClN5O2. The molecule has 0 saturated carbocycles. The lowest BCUT2D eigenvalue weighted by atomic mass is 10.2. The summed E-state index contributed by atoms with van der Waals surface area (Å²) in [5, 5.41) is 0.895. The number of rotatable bonds is 2. The summed E-state index contributed by atoms with van der Waals surface area (Å²) in [6, 6.07) is 7.60. The number of primary amides is 1. The lowest BCUT2D eigenvalue weighted by molar-refractivity contribution is 0.0945. The van der Waals surface area contributed by atoms with E-state index >= 15 is 0 Å². The van der Waals surface area contributed by atoms with Crippen molar-refractivity contribution in [3.63, 3.8) is 0 Å². The molecule has 22 heavy (non-hydrogen) atoms. The van der Waals surface area contributed by atoms with Crippen molar-refractivity contribution >= 4 is 29.2 Å². The topological polar surface area (TPSA) is 101 Å². The second-order valence-corrected chi connectivity index (χ2v) is 4.96. The summed E-state index contributed by atoms with van der Waals surface area (Å²) >= 11 is 5.72. The number of carbonyl (C=O) groups excluding carboxylic acids is 2. The molecule has 0 unspecified atom stereocenters. The van der Waals surface area contributed by atoms with Gasteiger partial charge in [-0.25, -0.2) is 19.8 Å². The third kappa shape index (κ3) is 3.70. The molecule has 0 spiro atoms. The largest absolute Gasteiger partial charge is 0.350 e. The summed E-state index contributed by atoms with van der Waals surface area (Å²) in [6.45, 7) is 3.54. The van der Waals surface area contributed by atoms with Gasteiger partial charge in [-0.2, -0.15) is 0 Å². The van der Waals surface area contributed by atoms with Gasteiger partial charge in [0.05, 0.1) is 5.69 Å². The molecule has 0 aliphatic rings. The number of hydrogen-bond acceptors (Lipinski definition) is 4. The highest BCUT2D eigenvalue weighted by molar-refractivity contribution is 6.28. The van der Waals surface area contributed by atoms with Crippen LogP contribution in [0.1, 0.15) is 21.7 Å². The van der Waals surface area contributed by atoms with E-state index in [4.69, 9.17) is 17.3 Å². The number of amides is 3. The Kier molecular flexibility index (Phi) is 4.57. The molecular weight excluding hydrogens is 306 g/mol. The van der Waals surface area contributed by atoms with Crippen LogP contribution in [0.4, 0.5) is 10.5 Å². The highest BCUT2D eigenvalue weighted by Crippen LogP contribution is 2.14. The van der Waals surface area contributed by atoms with Crippen LogP contribution in [0.2, 0.25) is 5.28 Å². The third-order valence-electron chi connectivity index (χ3n) is 2.75. The Balaban J connectivity index is 2.28. The summed E-state index contributed by atoms with van der Waals surface area (Å²) < 4.78 is 0. The molecule has 1 aromatic heterocycles. The Hall–Kier alpha value is -2.67. The van der Waals surface area contributed by atoms with Gasteiger partial charge < -0.3 is 5.73 Å². The first-order valence-electron chi connectivity index (χ1n) is 6.35. The number of nitrogens with two attached hydrogens (primary N) is 1. The zero-order chi connectivity index (χ0) is 16.3. The Labute approximate surface area is 132 Å². The monoisotopic (exact) mass is 319 g/mol. The minimum Gasteiger partial charge on any atom is -0.350 e. The molecule has 1 heterocycles. The molecule has 2 rings (SSSR count). The van der Waals surface area contributed by atoms with Gasteiger partial charge in [-0.1, -0.05) is 12.1 Å². The van der Waals surface area contributed by atoms with Crippen LogP contribution >= 0.6 is 11.6 Å². The number of halogens is 1. The Morgan fingerprint density at radius 2 is 1.95 bits per heavy atom. The van der Waals surface area contributed by atoms with Crippen LogP contribution in [0.5, 0.6) is 0 Å². The summed E-state index contributed by atoms with van der Waals surface area (Å²) in [4.78, 5) is 31.5. The molecule has 0 aliphatic heterocycles. The van der Waals surface area contributed by atoms with E-state index in [2.05, 4.69) is 15.4 Å². The fraction of sp³-hybridized carbons (Fsp3) is 0.143. The van der Waals surface area contributed by atoms with E-state index in [0.29, 0.717) is 11.4 Å². The number of nitrogens with zero attached hydrogens (tertiary/aromatic N) is 3. The van der Waals surface area contributed by atoms with Crippen LogP contribution in [-0.4, -0.2) is 21.9 Å². The predicted octanol–water partition coefficient (Wildman–Crippen LogP) is 1.98. The van der Waals surface area contributed by atoms with Crippen LogP contribution in [0, 0.1) is 13.8 Å². The Morgan fingerprint density at radius 1 is 1.23 bits per heavy atom. The summed E-state index contributed by atoms with van der Waals surface area (Å²) in [5.74, 6) is -0.618. The van der Waals surface area contributed by atoms with Gasteiger partial charge in [0.2, 0.25) is 5.28 Å². The van der Waals surface area contributed by atoms with Crippen molar-refractivity contribution < 1.29 is 9.59 Å². The van der Waals surface area contributed by atoms with Gasteiger partial charge in [0, 0.05) is 5.69 Å². The van der Waals surface area contributed by atoms with E-state index in [1.807, 2.05) is 13.0 Å². The van der Waals surface area contributed by atoms with Gasteiger partial charge in [0.15, 0.2) is 0 Å². The molecule has 0 radical (unpaired) electrons. The van der Waals surface area contributed by atoms with Crippen LogP contribution in [0.25, 0.3) is 0 Å². The number of anilines is 1. The van der Waals surface area contributed by atoms with Crippen molar-refractivity contribution in [3.8, 4) is 0 Å². The lowest BCUT2D eigenvalue weighted by Gasteiger charge is -2.21. The van der Waals surface area contributed by atoms with Gasteiger partial charge in [0.25, 0.3) is 5.91 Å². The van der Waals surface area contributed by atoms with Crippen molar-refractivity contribution in [1.29, 1.82) is 0 Å². The number of aryl methyl sites for hydroxylation is 2. The van der Waals surface area contributed by atoms with E-state index in [1.54, 1.807) is 25.1 Å². The minimum atomic E-state index is -0.823. The molecule has 7 nitrogen and oxygen atoms in total. The quantitative estimate of drug-likeness (QED) is 0.652. The molecule has 8 heteroatoms. The van der Waals surface area contributed by atoms with E-state index < -0.39 is 11.9 Å².